The first-order chi connectivity index (χ1) is 16.8. The highest BCUT2D eigenvalue weighted by Gasteiger charge is 2.15. The number of fused-ring (bicyclic) bond motifs is 1. The largest absolute Gasteiger partial charge is 0.497 e. The van der Waals surface area contributed by atoms with Gasteiger partial charge in [0.1, 0.15) is 22.8 Å². The van der Waals surface area contributed by atoms with Crippen LogP contribution < -0.4 is 24.8 Å². The Bertz CT molecular complexity index is 1370. The lowest BCUT2D eigenvalue weighted by Crippen LogP contribution is -2.34. The van der Waals surface area contributed by atoms with Crippen LogP contribution in [0.25, 0.3) is 22.6 Å². The van der Waals surface area contributed by atoms with Crippen molar-refractivity contribution in [2.75, 3.05) is 26.6 Å². The van der Waals surface area contributed by atoms with Gasteiger partial charge >= 0.3 is 0 Å². The Labute approximate surface area is 208 Å². The van der Waals surface area contributed by atoms with Crippen LogP contribution >= 0.6 is 12.2 Å². The summed E-state index contributed by atoms with van der Waals surface area (Å²) in [6.45, 7) is 4.07. The van der Waals surface area contributed by atoms with Crippen molar-refractivity contribution >= 4 is 40.0 Å². The summed E-state index contributed by atoms with van der Waals surface area (Å²) >= 11 is 5.38. The lowest BCUT2D eigenvalue weighted by molar-refractivity contribution is 0.0977. The fraction of sp³-hybridized carbons (Fsp3) is 0.192. The molecule has 3 aromatic carbocycles. The van der Waals surface area contributed by atoms with Crippen molar-refractivity contribution < 1.29 is 23.4 Å². The topological polar surface area (TPSA) is 94.9 Å². The molecule has 0 aliphatic heterocycles. The number of amides is 1. The Morgan fingerprint density at radius 3 is 2.26 bits per heavy atom. The lowest BCUT2D eigenvalue weighted by Gasteiger charge is -2.14. The van der Waals surface area contributed by atoms with Gasteiger partial charge in [0.2, 0.25) is 5.89 Å². The summed E-state index contributed by atoms with van der Waals surface area (Å²) in [6, 6.07) is 14.3. The molecule has 0 spiro atoms. The van der Waals surface area contributed by atoms with E-state index in [1.54, 1.807) is 37.4 Å². The molecule has 0 saturated heterocycles. The SMILES string of the molecule is COc1cc(OC)cc(C(=O)NC(=S)Nc2cc(-c3nc4cc(C)c(C)cc4o3)ccc2OC)c1. The van der Waals surface area contributed by atoms with Crippen LogP contribution in [0.3, 0.4) is 0 Å². The average Bonchev–Trinajstić information content (AvgIpc) is 3.26. The van der Waals surface area contributed by atoms with Crippen LogP contribution in [0.1, 0.15) is 21.5 Å². The summed E-state index contributed by atoms with van der Waals surface area (Å²) in [4.78, 5) is 17.4. The second kappa shape index (κ2) is 10.0. The normalized spacial score (nSPS) is 10.7. The van der Waals surface area contributed by atoms with E-state index in [-0.39, 0.29) is 5.11 Å². The van der Waals surface area contributed by atoms with Gasteiger partial charge in [0, 0.05) is 17.2 Å². The first-order valence-electron chi connectivity index (χ1n) is 10.7. The molecule has 0 saturated carbocycles. The quantitative estimate of drug-likeness (QED) is 0.353. The Balaban J connectivity index is 1.57. The zero-order valence-electron chi connectivity index (χ0n) is 20.0. The van der Waals surface area contributed by atoms with E-state index in [1.165, 1.54) is 14.2 Å². The number of carbonyl (C=O) groups is 1. The summed E-state index contributed by atoms with van der Waals surface area (Å²) in [5.74, 6) is 1.57. The predicted octanol–water partition coefficient (Wildman–Crippen LogP) is 5.26. The number of aryl methyl sites for hydroxylation is 2. The minimum absolute atomic E-state index is 0.0936. The van der Waals surface area contributed by atoms with Crippen molar-refractivity contribution in [1.29, 1.82) is 0 Å². The first-order valence-corrected chi connectivity index (χ1v) is 11.1. The third-order valence-corrected chi connectivity index (χ3v) is 5.74. The summed E-state index contributed by atoms with van der Waals surface area (Å²) in [5.41, 5.74) is 5.38. The zero-order valence-corrected chi connectivity index (χ0v) is 20.8. The molecule has 0 aliphatic rings. The van der Waals surface area contributed by atoms with Crippen molar-refractivity contribution in [3.63, 3.8) is 0 Å². The van der Waals surface area contributed by atoms with Crippen LogP contribution in [-0.2, 0) is 0 Å². The number of anilines is 1. The standard InChI is InChI=1S/C26H25N3O5S/c1-14-8-20-23(9-15(14)2)34-25(27-20)16-6-7-22(33-5)21(12-16)28-26(35)29-24(30)17-10-18(31-3)13-19(11-17)32-4/h6-13H,1-5H3,(H2,28,29,30,35). The number of oxazole rings is 1. The maximum atomic E-state index is 12.8. The summed E-state index contributed by atoms with van der Waals surface area (Å²) < 4.78 is 21.9. The second-order valence-corrected chi connectivity index (χ2v) is 8.26. The highest BCUT2D eigenvalue weighted by Crippen LogP contribution is 2.32. The Kier molecular flexibility index (Phi) is 6.88. The number of aromatic nitrogens is 1. The molecule has 0 atom stereocenters. The maximum absolute atomic E-state index is 12.8. The van der Waals surface area contributed by atoms with Gasteiger partial charge in [-0.1, -0.05) is 0 Å². The molecule has 1 amide bonds. The van der Waals surface area contributed by atoms with Crippen LogP contribution in [0, 0.1) is 13.8 Å². The Morgan fingerprint density at radius 2 is 1.60 bits per heavy atom. The van der Waals surface area contributed by atoms with Crippen LogP contribution in [0.4, 0.5) is 5.69 Å². The second-order valence-electron chi connectivity index (χ2n) is 7.85. The number of benzene rings is 3. The van der Waals surface area contributed by atoms with Gasteiger partial charge in [-0.05, 0) is 79.7 Å². The highest BCUT2D eigenvalue weighted by molar-refractivity contribution is 7.80. The van der Waals surface area contributed by atoms with Crippen molar-refractivity contribution in [3.8, 4) is 28.7 Å². The number of rotatable bonds is 6. The van der Waals surface area contributed by atoms with E-state index >= 15 is 0 Å². The van der Waals surface area contributed by atoms with Crippen molar-refractivity contribution in [3.05, 3.63) is 65.2 Å². The maximum Gasteiger partial charge on any atom is 0.257 e. The first kappa shape index (κ1) is 24.0. The van der Waals surface area contributed by atoms with Gasteiger partial charge in [-0.15, -0.1) is 0 Å². The number of methoxy groups -OCH3 is 3. The molecule has 0 bridgehead atoms. The van der Waals surface area contributed by atoms with E-state index in [0.29, 0.717) is 40.0 Å². The number of nitrogens with zero attached hydrogens (tertiary/aromatic N) is 1. The minimum Gasteiger partial charge on any atom is -0.497 e. The van der Waals surface area contributed by atoms with Crippen molar-refractivity contribution in [2.24, 2.45) is 0 Å². The number of thiocarbonyl (C=S) groups is 1. The van der Waals surface area contributed by atoms with Gasteiger partial charge < -0.3 is 23.9 Å². The number of hydrogen-bond acceptors (Lipinski definition) is 7. The fourth-order valence-electron chi connectivity index (χ4n) is 3.51. The fourth-order valence-corrected chi connectivity index (χ4v) is 3.71. The number of ether oxygens (including phenoxy) is 3. The van der Waals surface area contributed by atoms with Crippen molar-refractivity contribution in [1.82, 2.24) is 10.3 Å². The number of nitrogens with one attached hydrogen (secondary N) is 2. The van der Waals surface area contributed by atoms with E-state index in [9.17, 15) is 4.79 Å². The summed E-state index contributed by atoms with van der Waals surface area (Å²) in [6.07, 6.45) is 0. The van der Waals surface area contributed by atoms with Crippen LogP contribution in [0.2, 0.25) is 0 Å². The molecule has 2 N–H and O–H groups in total. The molecule has 1 aromatic heterocycles. The predicted molar refractivity (Wildman–Crippen MR) is 139 cm³/mol. The van der Waals surface area contributed by atoms with Gasteiger partial charge in [-0.3, -0.25) is 10.1 Å². The van der Waals surface area contributed by atoms with Gasteiger partial charge in [-0.25, -0.2) is 4.98 Å². The van der Waals surface area contributed by atoms with Crippen LogP contribution in [0.15, 0.2) is 52.9 Å². The van der Waals surface area contributed by atoms with Crippen LogP contribution in [0.5, 0.6) is 17.2 Å². The van der Waals surface area contributed by atoms with Crippen molar-refractivity contribution in [2.45, 2.75) is 13.8 Å². The molecule has 180 valence electrons. The highest BCUT2D eigenvalue weighted by atomic mass is 32.1. The van der Waals surface area contributed by atoms with E-state index in [4.69, 9.17) is 30.8 Å². The van der Waals surface area contributed by atoms with E-state index in [1.807, 2.05) is 32.0 Å². The van der Waals surface area contributed by atoms with Gasteiger partial charge in [0.15, 0.2) is 10.7 Å². The third kappa shape index (κ3) is 5.20. The Hall–Kier alpha value is -4.11. The molecule has 8 nitrogen and oxygen atoms in total. The monoisotopic (exact) mass is 491 g/mol. The molecule has 9 heteroatoms. The molecule has 35 heavy (non-hydrogen) atoms. The summed E-state index contributed by atoms with van der Waals surface area (Å²) in [5, 5.41) is 5.79. The molecular weight excluding hydrogens is 466 g/mol. The Morgan fingerprint density at radius 1 is 0.914 bits per heavy atom. The molecule has 0 radical (unpaired) electrons. The van der Waals surface area contributed by atoms with E-state index in [0.717, 1.165) is 22.2 Å². The number of carbonyl (C=O) groups excluding carboxylic acids is 1. The molecule has 0 unspecified atom stereocenters. The smallest absolute Gasteiger partial charge is 0.257 e. The molecule has 4 aromatic rings. The minimum atomic E-state index is -0.417. The van der Waals surface area contributed by atoms with Gasteiger partial charge in [0.25, 0.3) is 5.91 Å². The lowest BCUT2D eigenvalue weighted by atomic mass is 10.1. The number of hydrogen-bond donors (Lipinski definition) is 2. The molecule has 1 heterocycles. The molecule has 0 fully saturated rings. The summed E-state index contributed by atoms with van der Waals surface area (Å²) in [7, 11) is 4.58. The third-order valence-electron chi connectivity index (χ3n) is 5.54. The molecular formula is C26H25N3O5S. The zero-order chi connectivity index (χ0) is 25.1. The van der Waals surface area contributed by atoms with Gasteiger partial charge in [-0.2, -0.15) is 0 Å². The average molecular weight is 492 g/mol. The molecule has 4 rings (SSSR count). The van der Waals surface area contributed by atoms with E-state index in [2.05, 4.69) is 15.6 Å². The van der Waals surface area contributed by atoms with Gasteiger partial charge in [0.05, 0.1) is 27.0 Å². The van der Waals surface area contributed by atoms with E-state index < -0.39 is 5.91 Å². The molecule has 0 aliphatic carbocycles. The van der Waals surface area contributed by atoms with Crippen LogP contribution in [-0.4, -0.2) is 37.3 Å².